The van der Waals surface area contributed by atoms with E-state index in [0.29, 0.717) is 5.95 Å². The van der Waals surface area contributed by atoms with Crippen molar-refractivity contribution >= 4 is 17.5 Å². The first-order valence-corrected chi connectivity index (χ1v) is 7.57. The Hall–Kier alpha value is -2.10. The van der Waals surface area contributed by atoms with E-state index in [-0.39, 0.29) is 0 Å². The van der Waals surface area contributed by atoms with Gasteiger partial charge in [-0.2, -0.15) is 4.98 Å². The molecule has 1 saturated heterocycles. The zero-order valence-corrected chi connectivity index (χ0v) is 13.0. The predicted molar refractivity (Wildman–Crippen MR) is 87.4 cm³/mol. The minimum Gasteiger partial charge on any atom is -0.356 e. The summed E-state index contributed by atoms with van der Waals surface area (Å²) >= 11 is 0. The van der Waals surface area contributed by atoms with Crippen molar-refractivity contribution in [3.05, 3.63) is 41.1 Å². The van der Waals surface area contributed by atoms with Crippen molar-refractivity contribution < 1.29 is 0 Å². The molecule has 1 aromatic carbocycles. The average molecular weight is 282 g/mol. The smallest absolute Gasteiger partial charge is 0.229 e. The van der Waals surface area contributed by atoms with Gasteiger partial charge in [0.05, 0.1) is 0 Å². The summed E-state index contributed by atoms with van der Waals surface area (Å²) in [4.78, 5) is 11.5. The summed E-state index contributed by atoms with van der Waals surface area (Å²) in [7, 11) is 0. The van der Waals surface area contributed by atoms with Gasteiger partial charge in [0.2, 0.25) is 5.95 Å². The zero-order chi connectivity index (χ0) is 14.8. The van der Waals surface area contributed by atoms with E-state index in [0.717, 1.165) is 30.3 Å². The lowest BCUT2D eigenvalue weighted by atomic mass is 10.1. The van der Waals surface area contributed by atoms with Crippen LogP contribution in [0.1, 0.15) is 29.7 Å². The highest BCUT2D eigenvalue weighted by molar-refractivity contribution is 5.60. The van der Waals surface area contributed by atoms with Crippen molar-refractivity contribution in [2.75, 3.05) is 23.3 Å². The van der Waals surface area contributed by atoms with Crippen LogP contribution >= 0.6 is 0 Å². The summed E-state index contributed by atoms with van der Waals surface area (Å²) in [5.74, 6) is 1.72. The SMILES string of the molecule is Cc1ccc(Nc2nc(C)cc(N3CCCC3)n2)c(C)c1. The summed E-state index contributed by atoms with van der Waals surface area (Å²) in [6.45, 7) is 8.42. The van der Waals surface area contributed by atoms with Crippen molar-refractivity contribution in [2.45, 2.75) is 33.6 Å². The highest BCUT2D eigenvalue weighted by Crippen LogP contribution is 2.23. The van der Waals surface area contributed by atoms with Crippen LogP contribution in [0.2, 0.25) is 0 Å². The lowest BCUT2D eigenvalue weighted by molar-refractivity contribution is 0.923. The zero-order valence-electron chi connectivity index (χ0n) is 13.0. The third-order valence-corrected chi connectivity index (χ3v) is 3.90. The molecule has 0 bridgehead atoms. The Labute approximate surface area is 126 Å². The van der Waals surface area contributed by atoms with Crippen LogP contribution in [-0.2, 0) is 0 Å². The number of aromatic nitrogens is 2. The van der Waals surface area contributed by atoms with Gasteiger partial charge in [-0.05, 0) is 45.2 Å². The largest absolute Gasteiger partial charge is 0.356 e. The summed E-state index contributed by atoms with van der Waals surface area (Å²) in [5.41, 5.74) is 4.54. The number of aryl methyl sites for hydroxylation is 3. The molecule has 0 unspecified atom stereocenters. The normalized spacial score (nSPS) is 14.5. The van der Waals surface area contributed by atoms with Gasteiger partial charge in [0.15, 0.2) is 0 Å². The summed E-state index contributed by atoms with van der Waals surface area (Å²) < 4.78 is 0. The maximum atomic E-state index is 4.68. The van der Waals surface area contributed by atoms with Crippen molar-refractivity contribution in [3.63, 3.8) is 0 Å². The van der Waals surface area contributed by atoms with Crippen LogP contribution in [0.25, 0.3) is 0 Å². The van der Waals surface area contributed by atoms with E-state index in [4.69, 9.17) is 0 Å². The first kappa shape index (κ1) is 13.9. The number of anilines is 3. The quantitative estimate of drug-likeness (QED) is 0.931. The number of nitrogens with one attached hydrogen (secondary N) is 1. The fourth-order valence-electron chi connectivity index (χ4n) is 2.79. The highest BCUT2D eigenvalue weighted by atomic mass is 15.2. The van der Waals surface area contributed by atoms with Gasteiger partial charge in [-0.15, -0.1) is 0 Å². The molecule has 2 aromatic rings. The van der Waals surface area contributed by atoms with Crippen LogP contribution in [-0.4, -0.2) is 23.1 Å². The Morgan fingerprint density at radius 3 is 2.48 bits per heavy atom. The van der Waals surface area contributed by atoms with E-state index < -0.39 is 0 Å². The number of nitrogens with zero attached hydrogens (tertiary/aromatic N) is 3. The molecule has 1 aromatic heterocycles. The van der Waals surface area contributed by atoms with Crippen LogP contribution in [0.15, 0.2) is 24.3 Å². The summed E-state index contributed by atoms with van der Waals surface area (Å²) in [6, 6.07) is 8.43. The molecule has 4 heteroatoms. The molecule has 21 heavy (non-hydrogen) atoms. The first-order valence-electron chi connectivity index (χ1n) is 7.57. The van der Waals surface area contributed by atoms with Gasteiger partial charge in [-0.25, -0.2) is 4.98 Å². The predicted octanol–water partition coefficient (Wildman–Crippen LogP) is 3.75. The molecular weight excluding hydrogens is 260 g/mol. The molecule has 0 aliphatic carbocycles. The topological polar surface area (TPSA) is 41.1 Å². The molecule has 0 radical (unpaired) electrons. The van der Waals surface area contributed by atoms with Crippen LogP contribution in [0, 0.1) is 20.8 Å². The Bertz CT molecular complexity index is 645. The van der Waals surface area contributed by atoms with Crippen LogP contribution in [0.3, 0.4) is 0 Å². The molecule has 2 heterocycles. The first-order chi connectivity index (χ1) is 10.1. The lowest BCUT2D eigenvalue weighted by Crippen LogP contribution is -2.19. The molecule has 1 aliphatic rings. The minimum absolute atomic E-state index is 0.684. The maximum Gasteiger partial charge on any atom is 0.229 e. The number of benzene rings is 1. The standard InChI is InChI=1S/C17H22N4/c1-12-6-7-15(13(2)10-12)19-17-18-14(3)11-16(20-17)21-8-4-5-9-21/h6-7,10-11H,4-5,8-9H2,1-3H3,(H,18,19,20). The van der Waals surface area contributed by atoms with E-state index in [1.54, 1.807) is 0 Å². The Kier molecular flexibility index (Phi) is 3.78. The molecule has 3 rings (SSSR count). The molecule has 1 aliphatic heterocycles. The Balaban J connectivity index is 1.87. The molecule has 0 spiro atoms. The average Bonchev–Trinajstić information content (AvgIpc) is 2.95. The Morgan fingerprint density at radius 1 is 1.00 bits per heavy atom. The molecular formula is C17H22N4. The lowest BCUT2D eigenvalue weighted by Gasteiger charge is -2.18. The van der Waals surface area contributed by atoms with Gasteiger partial charge in [0, 0.05) is 30.5 Å². The second kappa shape index (κ2) is 5.72. The molecule has 1 N–H and O–H groups in total. The minimum atomic E-state index is 0.684. The van der Waals surface area contributed by atoms with Gasteiger partial charge in [0.1, 0.15) is 5.82 Å². The molecule has 0 atom stereocenters. The van der Waals surface area contributed by atoms with E-state index >= 15 is 0 Å². The number of hydrogen-bond donors (Lipinski definition) is 1. The van der Waals surface area contributed by atoms with Crippen molar-refractivity contribution in [1.29, 1.82) is 0 Å². The van der Waals surface area contributed by atoms with Gasteiger partial charge >= 0.3 is 0 Å². The van der Waals surface area contributed by atoms with E-state index in [1.165, 1.54) is 24.0 Å². The van der Waals surface area contributed by atoms with Crippen LogP contribution in [0.5, 0.6) is 0 Å². The van der Waals surface area contributed by atoms with E-state index in [1.807, 2.05) is 6.92 Å². The van der Waals surface area contributed by atoms with Gasteiger partial charge < -0.3 is 10.2 Å². The second-order valence-corrected chi connectivity index (χ2v) is 5.83. The fourth-order valence-corrected chi connectivity index (χ4v) is 2.79. The highest BCUT2D eigenvalue weighted by Gasteiger charge is 2.15. The van der Waals surface area contributed by atoms with Crippen molar-refractivity contribution in [3.8, 4) is 0 Å². The number of rotatable bonds is 3. The van der Waals surface area contributed by atoms with Crippen LogP contribution in [0.4, 0.5) is 17.5 Å². The third kappa shape index (κ3) is 3.15. The number of hydrogen-bond acceptors (Lipinski definition) is 4. The molecule has 4 nitrogen and oxygen atoms in total. The maximum absolute atomic E-state index is 4.68. The van der Waals surface area contributed by atoms with E-state index in [9.17, 15) is 0 Å². The Morgan fingerprint density at radius 2 is 1.76 bits per heavy atom. The monoisotopic (exact) mass is 282 g/mol. The molecule has 0 amide bonds. The molecule has 0 saturated carbocycles. The third-order valence-electron chi connectivity index (χ3n) is 3.90. The molecule has 1 fully saturated rings. The molecule has 110 valence electrons. The fraction of sp³-hybridized carbons (Fsp3) is 0.412. The van der Waals surface area contributed by atoms with Gasteiger partial charge in [-0.3, -0.25) is 0 Å². The van der Waals surface area contributed by atoms with Gasteiger partial charge in [-0.1, -0.05) is 17.7 Å². The second-order valence-electron chi connectivity index (χ2n) is 5.83. The summed E-state index contributed by atoms with van der Waals surface area (Å²) in [5, 5.41) is 3.36. The van der Waals surface area contributed by atoms with E-state index in [2.05, 4.69) is 58.3 Å². The van der Waals surface area contributed by atoms with Crippen LogP contribution < -0.4 is 10.2 Å². The van der Waals surface area contributed by atoms with Gasteiger partial charge in [0.25, 0.3) is 0 Å². The van der Waals surface area contributed by atoms with Crippen molar-refractivity contribution in [2.24, 2.45) is 0 Å². The summed E-state index contributed by atoms with van der Waals surface area (Å²) in [6.07, 6.45) is 2.51. The van der Waals surface area contributed by atoms with Crippen molar-refractivity contribution in [1.82, 2.24) is 9.97 Å².